The van der Waals surface area contributed by atoms with Crippen molar-refractivity contribution in [1.29, 1.82) is 0 Å². The minimum Gasteiger partial charge on any atom is -0.444 e. The fourth-order valence-corrected chi connectivity index (χ4v) is 6.09. The van der Waals surface area contributed by atoms with Gasteiger partial charge in [0.05, 0.1) is 12.2 Å². The first kappa shape index (κ1) is 31.2. The molecule has 3 aromatic rings. The van der Waals surface area contributed by atoms with Crippen molar-refractivity contribution in [2.24, 2.45) is 0 Å². The van der Waals surface area contributed by atoms with Gasteiger partial charge in [0.15, 0.2) is 23.1 Å². The lowest BCUT2D eigenvalue weighted by atomic mass is 9.89. The summed E-state index contributed by atoms with van der Waals surface area (Å²) in [5.41, 5.74) is 0.199. The Morgan fingerprint density at radius 3 is 2.36 bits per heavy atom. The first-order valence-electron chi connectivity index (χ1n) is 14.6. The molecule has 12 heteroatoms. The van der Waals surface area contributed by atoms with Gasteiger partial charge >= 0.3 is 6.09 Å². The first-order chi connectivity index (χ1) is 20.6. The molecule has 0 aliphatic carbocycles. The predicted molar refractivity (Wildman–Crippen MR) is 154 cm³/mol. The van der Waals surface area contributed by atoms with Crippen LogP contribution in [0.25, 0.3) is 0 Å². The Balaban J connectivity index is 1.40. The molecule has 2 aliphatic rings. The van der Waals surface area contributed by atoms with E-state index in [4.69, 9.17) is 4.74 Å². The number of amides is 2. The molecule has 2 saturated heterocycles. The predicted octanol–water partition coefficient (Wildman–Crippen LogP) is 5.41. The number of ketones is 1. The third-order valence-electron chi connectivity index (χ3n) is 8.27. The van der Waals surface area contributed by atoms with E-state index in [-0.39, 0.29) is 42.3 Å². The zero-order valence-corrected chi connectivity index (χ0v) is 25.4. The van der Waals surface area contributed by atoms with E-state index in [1.165, 1.54) is 15.8 Å². The van der Waals surface area contributed by atoms with Crippen LogP contribution in [0.3, 0.4) is 0 Å². The van der Waals surface area contributed by atoms with Crippen LogP contribution in [-0.4, -0.2) is 72.8 Å². The van der Waals surface area contributed by atoms with E-state index in [0.717, 1.165) is 17.7 Å². The Morgan fingerprint density at radius 2 is 1.73 bits per heavy atom. The largest absolute Gasteiger partial charge is 0.444 e. The summed E-state index contributed by atoms with van der Waals surface area (Å²) >= 11 is 0. The molecule has 2 amide bonds. The molecule has 234 valence electrons. The molecular formula is C32H36F3N5O4. The molecular weight excluding hydrogens is 575 g/mol. The summed E-state index contributed by atoms with van der Waals surface area (Å²) in [5.74, 6) is -4.76. The van der Waals surface area contributed by atoms with Gasteiger partial charge in [-0.25, -0.2) is 22.6 Å². The van der Waals surface area contributed by atoms with Crippen LogP contribution < -0.4 is 0 Å². The summed E-state index contributed by atoms with van der Waals surface area (Å²) in [7, 11) is 0. The number of aromatic nitrogens is 3. The van der Waals surface area contributed by atoms with Gasteiger partial charge < -0.3 is 9.64 Å². The Kier molecular flexibility index (Phi) is 8.30. The van der Waals surface area contributed by atoms with Crippen LogP contribution in [0.15, 0.2) is 42.6 Å². The van der Waals surface area contributed by atoms with Gasteiger partial charge in [-0.05, 0) is 71.6 Å². The second kappa shape index (κ2) is 11.7. The van der Waals surface area contributed by atoms with Crippen molar-refractivity contribution in [3.63, 3.8) is 0 Å². The Morgan fingerprint density at radius 1 is 1.07 bits per heavy atom. The number of carbonyl (C=O) groups excluding carboxylic acids is 3. The second-order valence-electron chi connectivity index (χ2n) is 13.0. The molecule has 2 aliphatic heterocycles. The van der Waals surface area contributed by atoms with Gasteiger partial charge in [-0.2, -0.15) is 0 Å². The highest BCUT2D eigenvalue weighted by Crippen LogP contribution is 2.37. The molecule has 5 rings (SSSR count). The number of aryl methyl sites for hydroxylation is 1. The quantitative estimate of drug-likeness (QED) is 0.273. The molecule has 0 saturated carbocycles. The Hall–Kier alpha value is -4.22. The summed E-state index contributed by atoms with van der Waals surface area (Å²) in [6.07, 6.45) is 2.33. The van der Waals surface area contributed by atoms with Gasteiger partial charge in [0.2, 0.25) is 11.7 Å². The van der Waals surface area contributed by atoms with E-state index in [0.29, 0.717) is 24.9 Å². The van der Waals surface area contributed by atoms with Crippen molar-refractivity contribution >= 4 is 17.8 Å². The van der Waals surface area contributed by atoms with Crippen LogP contribution in [0.5, 0.6) is 0 Å². The van der Waals surface area contributed by atoms with E-state index in [1.807, 2.05) is 26.0 Å². The number of likely N-dealkylation sites (tertiary alicyclic amines) is 2. The zero-order valence-electron chi connectivity index (χ0n) is 25.4. The lowest BCUT2D eigenvalue weighted by Crippen LogP contribution is -2.54. The first-order valence-corrected chi connectivity index (χ1v) is 14.6. The molecule has 1 aromatic heterocycles. The van der Waals surface area contributed by atoms with E-state index in [1.54, 1.807) is 37.8 Å². The monoisotopic (exact) mass is 611 g/mol. The summed E-state index contributed by atoms with van der Waals surface area (Å²) in [4.78, 5) is 43.6. The lowest BCUT2D eigenvalue weighted by Gasteiger charge is -2.38. The smallest absolute Gasteiger partial charge is 0.411 e. The fourth-order valence-electron chi connectivity index (χ4n) is 6.09. The molecule has 44 heavy (non-hydrogen) atoms. The number of nitrogens with zero attached hydrogens (tertiary/aromatic N) is 5. The van der Waals surface area contributed by atoms with Crippen molar-refractivity contribution in [2.75, 3.05) is 13.1 Å². The van der Waals surface area contributed by atoms with Crippen LogP contribution in [0, 0.1) is 24.4 Å². The number of rotatable bonds is 6. The molecule has 0 radical (unpaired) electrons. The molecule has 9 nitrogen and oxygen atoms in total. The Labute approximate surface area is 254 Å². The van der Waals surface area contributed by atoms with Gasteiger partial charge in [0.1, 0.15) is 11.6 Å². The highest BCUT2D eigenvalue weighted by molar-refractivity contribution is 6.07. The molecule has 2 unspecified atom stereocenters. The number of halogens is 3. The molecule has 0 N–H and O–H groups in total. The molecule has 3 atom stereocenters. The average molecular weight is 612 g/mol. The van der Waals surface area contributed by atoms with Crippen molar-refractivity contribution < 1.29 is 32.3 Å². The summed E-state index contributed by atoms with van der Waals surface area (Å²) in [6, 6.07) is 7.59. The van der Waals surface area contributed by atoms with Crippen LogP contribution in [0.1, 0.15) is 80.2 Å². The maximum absolute atomic E-state index is 14.2. The van der Waals surface area contributed by atoms with Gasteiger partial charge in [0, 0.05) is 30.6 Å². The molecule has 2 aromatic carbocycles. The summed E-state index contributed by atoms with van der Waals surface area (Å²) < 4.78 is 48.7. The van der Waals surface area contributed by atoms with Gasteiger partial charge in [-0.15, -0.1) is 5.10 Å². The van der Waals surface area contributed by atoms with Crippen molar-refractivity contribution in [2.45, 2.75) is 83.5 Å². The Bertz CT molecular complexity index is 1560. The van der Waals surface area contributed by atoms with Crippen molar-refractivity contribution in [1.82, 2.24) is 24.8 Å². The summed E-state index contributed by atoms with van der Waals surface area (Å²) in [5, 5.41) is 8.24. The van der Waals surface area contributed by atoms with Crippen LogP contribution in [-0.2, 0) is 16.0 Å². The number of carbonyl (C=O) groups is 3. The van der Waals surface area contributed by atoms with Crippen LogP contribution >= 0.6 is 0 Å². The number of hydrogen-bond donors (Lipinski definition) is 0. The molecule has 2 fully saturated rings. The topological polar surface area (TPSA) is 97.6 Å². The van der Waals surface area contributed by atoms with E-state index >= 15 is 0 Å². The van der Waals surface area contributed by atoms with Gasteiger partial charge in [-0.1, -0.05) is 35.0 Å². The highest BCUT2D eigenvalue weighted by atomic mass is 19.2. The van der Waals surface area contributed by atoms with Crippen LogP contribution in [0.2, 0.25) is 0 Å². The number of benzene rings is 2. The van der Waals surface area contributed by atoms with E-state index in [2.05, 4.69) is 10.3 Å². The lowest BCUT2D eigenvalue weighted by molar-refractivity contribution is -0.139. The number of ether oxygens (including phenoxy) is 1. The maximum Gasteiger partial charge on any atom is 0.411 e. The van der Waals surface area contributed by atoms with Crippen molar-refractivity contribution in [3.05, 3.63) is 82.4 Å². The third kappa shape index (κ3) is 6.34. The van der Waals surface area contributed by atoms with E-state index in [9.17, 15) is 27.6 Å². The average Bonchev–Trinajstić information content (AvgIpc) is 3.69. The second-order valence-corrected chi connectivity index (χ2v) is 13.0. The SMILES string of the molecule is Cc1ccc(C(=O)c2cn(C3C[C@@H](C(=O)N4CCCC4(C)Cc4cc(F)c(F)c(F)c4)N(C(=O)OC(C)(C)C)C3)nn2)cc1. The molecule has 0 bridgehead atoms. The zero-order chi connectivity index (χ0) is 32.0. The van der Waals surface area contributed by atoms with Gasteiger partial charge in [0.25, 0.3) is 0 Å². The fraction of sp³-hybridized carbons (Fsp3) is 0.469. The minimum absolute atomic E-state index is 0.0891. The van der Waals surface area contributed by atoms with Crippen LogP contribution in [0.4, 0.5) is 18.0 Å². The number of hydrogen-bond acceptors (Lipinski definition) is 6. The molecule has 0 spiro atoms. The maximum atomic E-state index is 14.2. The van der Waals surface area contributed by atoms with E-state index < -0.39 is 46.8 Å². The standard InChI is InChI=1S/C32H36F3N5O4/c1-19-7-9-21(10-8-19)28(41)25-18-40(37-36-25)22-15-26(38(17-22)30(43)44-31(2,3)4)29(42)39-12-6-11-32(39,5)16-20-13-23(33)27(35)24(34)14-20/h7-10,13-14,18,22,26H,6,11-12,15-17H2,1-5H3/t22?,26-,32?/m0/s1. The minimum atomic E-state index is -1.54. The van der Waals surface area contributed by atoms with Crippen molar-refractivity contribution in [3.8, 4) is 0 Å². The summed E-state index contributed by atoms with van der Waals surface area (Å²) in [6.45, 7) is 9.40. The highest BCUT2D eigenvalue weighted by Gasteiger charge is 2.49. The molecule has 3 heterocycles. The normalized spacial score (nSPS) is 22.0. The third-order valence-corrected chi connectivity index (χ3v) is 8.27. The van der Waals surface area contributed by atoms with Gasteiger partial charge in [-0.3, -0.25) is 14.5 Å².